The quantitative estimate of drug-likeness (QED) is 0.741. The number of carbonyl (C=O) groups excluding carboxylic acids is 3. The molecule has 3 amide bonds. The summed E-state index contributed by atoms with van der Waals surface area (Å²) in [6, 6.07) is 10.4. The van der Waals surface area contributed by atoms with Crippen molar-refractivity contribution in [3.63, 3.8) is 0 Å². The molecule has 7 heteroatoms. The average molecular weight is 358 g/mol. The second-order valence-corrected chi connectivity index (χ2v) is 6.73. The van der Waals surface area contributed by atoms with Gasteiger partial charge in [0.15, 0.2) is 0 Å². The van der Waals surface area contributed by atoms with Crippen LogP contribution >= 0.6 is 11.3 Å². The van der Waals surface area contributed by atoms with Crippen LogP contribution in [0, 0.1) is 0 Å². The lowest BCUT2D eigenvalue weighted by Crippen LogP contribution is -2.32. The molecule has 2 N–H and O–H groups in total. The smallest absolute Gasteiger partial charge is 0.261 e. The van der Waals surface area contributed by atoms with E-state index in [1.165, 1.54) is 16.2 Å². The normalized spacial score (nSPS) is 14.5. The summed E-state index contributed by atoms with van der Waals surface area (Å²) in [6.07, 6.45) is -0.156. The minimum absolute atomic E-state index is 0.145. The molecule has 0 saturated carbocycles. The van der Waals surface area contributed by atoms with Crippen LogP contribution in [-0.4, -0.2) is 40.8 Å². The molecule has 1 aliphatic rings. The monoisotopic (exact) mass is 358 g/mol. The van der Waals surface area contributed by atoms with Gasteiger partial charge in [0.2, 0.25) is 5.91 Å². The van der Waals surface area contributed by atoms with Crippen molar-refractivity contribution in [3.05, 3.63) is 57.8 Å². The molecule has 1 unspecified atom stereocenters. The van der Waals surface area contributed by atoms with Gasteiger partial charge in [-0.1, -0.05) is 18.2 Å². The molecular formula is C18H18N2O4S. The highest BCUT2D eigenvalue weighted by Crippen LogP contribution is 2.22. The van der Waals surface area contributed by atoms with E-state index in [0.717, 1.165) is 4.88 Å². The number of fused-ring (bicyclic) bond motifs is 1. The number of imide groups is 1. The van der Waals surface area contributed by atoms with E-state index >= 15 is 0 Å². The lowest BCUT2D eigenvalue weighted by Gasteiger charge is -2.14. The summed E-state index contributed by atoms with van der Waals surface area (Å²) in [4.78, 5) is 38.2. The highest BCUT2D eigenvalue weighted by atomic mass is 32.1. The zero-order chi connectivity index (χ0) is 17.8. The van der Waals surface area contributed by atoms with Crippen LogP contribution in [0.4, 0.5) is 0 Å². The van der Waals surface area contributed by atoms with E-state index in [0.29, 0.717) is 17.5 Å². The summed E-state index contributed by atoms with van der Waals surface area (Å²) in [7, 11) is 0. The van der Waals surface area contributed by atoms with Crippen LogP contribution in [0.3, 0.4) is 0 Å². The van der Waals surface area contributed by atoms with E-state index in [4.69, 9.17) is 0 Å². The maximum Gasteiger partial charge on any atom is 0.261 e. The SMILES string of the molecule is O=C(CCCN1C(=O)c2ccccc2C1=O)NCC(O)c1cccs1. The van der Waals surface area contributed by atoms with E-state index in [-0.39, 0.29) is 37.2 Å². The Hall–Kier alpha value is -2.51. The summed E-state index contributed by atoms with van der Waals surface area (Å²) in [6.45, 7) is 0.347. The third kappa shape index (κ3) is 3.78. The van der Waals surface area contributed by atoms with Gasteiger partial charge in [0.05, 0.1) is 11.1 Å². The third-order valence-electron chi connectivity index (χ3n) is 4.03. The number of rotatable bonds is 7. The first-order valence-corrected chi connectivity index (χ1v) is 8.89. The molecule has 1 aromatic heterocycles. The Kier molecular flexibility index (Phi) is 5.25. The van der Waals surface area contributed by atoms with E-state index < -0.39 is 6.10 Å². The second kappa shape index (κ2) is 7.58. The molecule has 25 heavy (non-hydrogen) atoms. The number of aliphatic hydroxyl groups is 1. The Morgan fingerprint density at radius 2 is 1.80 bits per heavy atom. The van der Waals surface area contributed by atoms with Gasteiger partial charge in [-0.15, -0.1) is 11.3 Å². The summed E-state index contributed by atoms with van der Waals surface area (Å²) in [5.41, 5.74) is 0.826. The molecule has 1 atom stereocenters. The topological polar surface area (TPSA) is 86.7 Å². The van der Waals surface area contributed by atoms with Crippen LogP contribution < -0.4 is 5.32 Å². The number of hydrogen-bond acceptors (Lipinski definition) is 5. The van der Waals surface area contributed by atoms with Gasteiger partial charge in [0.25, 0.3) is 11.8 Å². The molecule has 2 heterocycles. The second-order valence-electron chi connectivity index (χ2n) is 5.75. The Morgan fingerprint density at radius 1 is 1.12 bits per heavy atom. The Bertz CT molecular complexity index is 753. The first kappa shape index (κ1) is 17.3. The van der Waals surface area contributed by atoms with Gasteiger partial charge in [-0.2, -0.15) is 0 Å². The fourth-order valence-corrected chi connectivity index (χ4v) is 3.43. The van der Waals surface area contributed by atoms with Crippen molar-refractivity contribution in [2.45, 2.75) is 18.9 Å². The van der Waals surface area contributed by atoms with Gasteiger partial charge in [0.1, 0.15) is 6.10 Å². The first-order valence-electron chi connectivity index (χ1n) is 8.01. The molecule has 3 rings (SSSR count). The van der Waals surface area contributed by atoms with Crippen LogP contribution in [0.5, 0.6) is 0 Å². The molecule has 2 aromatic rings. The Morgan fingerprint density at radius 3 is 2.40 bits per heavy atom. The highest BCUT2D eigenvalue weighted by molar-refractivity contribution is 7.10. The van der Waals surface area contributed by atoms with Crippen LogP contribution in [0.2, 0.25) is 0 Å². The van der Waals surface area contributed by atoms with Crippen LogP contribution in [0.1, 0.15) is 44.5 Å². The number of hydrogen-bond donors (Lipinski definition) is 2. The standard InChI is InChI=1S/C18H18N2O4S/c21-14(15-7-4-10-25-15)11-19-16(22)8-3-9-20-17(23)12-5-1-2-6-13(12)18(20)24/h1-2,4-7,10,14,21H,3,8-9,11H2,(H,19,22). The van der Waals surface area contributed by atoms with Crippen molar-refractivity contribution in [3.8, 4) is 0 Å². The van der Waals surface area contributed by atoms with Crippen molar-refractivity contribution in [2.75, 3.05) is 13.1 Å². The summed E-state index contributed by atoms with van der Waals surface area (Å²) >= 11 is 1.43. The van der Waals surface area contributed by atoms with Gasteiger partial charge in [0, 0.05) is 24.4 Å². The van der Waals surface area contributed by atoms with Crippen LogP contribution in [0.15, 0.2) is 41.8 Å². The molecular weight excluding hydrogens is 340 g/mol. The Balaban J connectivity index is 1.43. The van der Waals surface area contributed by atoms with E-state index in [1.807, 2.05) is 17.5 Å². The minimum atomic E-state index is -0.722. The van der Waals surface area contributed by atoms with Gasteiger partial charge in [-0.05, 0) is 30.0 Å². The maximum atomic E-state index is 12.2. The number of benzene rings is 1. The lowest BCUT2D eigenvalue weighted by atomic mass is 10.1. The minimum Gasteiger partial charge on any atom is -0.386 e. The number of thiophene rings is 1. The highest BCUT2D eigenvalue weighted by Gasteiger charge is 2.34. The van der Waals surface area contributed by atoms with Crippen molar-refractivity contribution in [2.24, 2.45) is 0 Å². The van der Waals surface area contributed by atoms with Crippen LogP contribution in [0.25, 0.3) is 0 Å². The maximum absolute atomic E-state index is 12.2. The molecule has 1 aromatic carbocycles. The van der Waals surface area contributed by atoms with Gasteiger partial charge in [-0.25, -0.2) is 0 Å². The summed E-state index contributed by atoms with van der Waals surface area (Å²) < 4.78 is 0. The predicted octanol–water partition coefficient (Wildman–Crippen LogP) is 1.97. The first-order chi connectivity index (χ1) is 12.1. The number of amides is 3. The third-order valence-corrected chi connectivity index (χ3v) is 5.00. The molecule has 0 spiro atoms. The molecule has 130 valence electrons. The summed E-state index contributed by atoms with van der Waals surface area (Å²) in [5, 5.41) is 14.5. The van der Waals surface area contributed by atoms with Crippen molar-refractivity contribution < 1.29 is 19.5 Å². The Labute approximate surface area is 149 Å². The van der Waals surface area contributed by atoms with Crippen LogP contribution in [-0.2, 0) is 4.79 Å². The average Bonchev–Trinajstić information content (AvgIpc) is 3.23. The van der Waals surface area contributed by atoms with Crippen molar-refractivity contribution in [1.82, 2.24) is 10.2 Å². The fourth-order valence-electron chi connectivity index (χ4n) is 2.72. The molecule has 0 fully saturated rings. The van der Waals surface area contributed by atoms with Gasteiger partial charge in [-0.3, -0.25) is 19.3 Å². The molecule has 1 aliphatic heterocycles. The summed E-state index contributed by atoms with van der Waals surface area (Å²) in [5.74, 6) is -0.838. The lowest BCUT2D eigenvalue weighted by molar-refractivity contribution is -0.121. The zero-order valence-corrected chi connectivity index (χ0v) is 14.3. The van der Waals surface area contributed by atoms with Crippen molar-refractivity contribution in [1.29, 1.82) is 0 Å². The van der Waals surface area contributed by atoms with Gasteiger partial charge < -0.3 is 10.4 Å². The molecule has 0 bridgehead atoms. The molecule has 0 aliphatic carbocycles. The van der Waals surface area contributed by atoms with E-state index in [9.17, 15) is 19.5 Å². The number of carbonyl (C=O) groups is 3. The molecule has 6 nitrogen and oxygen atoms in total. The number of aliphatic hydroxyl groups excluding tert-OH is 1. The number of nitrogens with zero attached hydrogens (tertiary/aromatic N) is 1. The van der Waals surface area contributed by atoms with E-state index in [1.54, 1.807) is 24.3 Å². The van der Waals surface area contributed by atoms with E-state index in [2.05, 4.69) is 5.32 Å². The zero-order valence-electron chi connectivity index (χ0n) is 13.5. The number of nitrogens with one attached hydrogen (secondary N) is 1. The molecule has 0 radical (unpaired) electrons. The fraction of sp³-hybridized carbons (Fsp3) is 0.278. The van der Waals surface area contributed by atoms with Crippen molar-refractivity contribution >= 4 is 29.1 Å². The molecule has 0 saturated heterocycles. The van der Waals surface area contributed by atoms with Gasteiger partial charge >= 0.3 is 0 Å². The largest absolute Gasteiger partial charge is 0.386 e. The predicted molar refractivity (Wildman–Crippen MR) is 93.3 cm³/mol.